The summed E-state index contributed by atoms with van der Waals surface area (Å²) in [5, 5.41) is 21.0. The van der Waals surface area contributed by atoms with Crippen molar-refractivity contribution in [3.05, 3.63) is 16.8 Å². The second kappa shape index (κ2) is 8.76. The zero-order valence-electron chi connectivity index (χ0n) is 12.0. The van der Waals surface area contributed by atoms with Crippen molar-refractivity contribution in [3.63, 3.8) is 0 Å². The Hall–Kier alpha value is -1.28. The van der Waals surface area contributed by atoms with E-state index < -0.39 is 0 Å². The number of anilines is 1. The highest BCUT2D eigenvalue weighted by Crippen LogP contribution is 2.19. The molecule has 0 aliphatic carbocycles. The largest absolute Gasteiger partial charge is 0.367 e. The predicted octanol–water partition coefficient (Wildman–Crippen LogP) is 3.03. The van der Waals surface area contributed by atoms with Crippen LogP contribution in [-0.2, 0) is 12.8 Å². The Kier molecular flexibility index (Phi) is 7.27. The van der Waals surface area contributed by atoms with Crippen molar-refractivity contribution in [2.24, 2.45) is 0 Å². The van der Waals surface area contributed by atoms with Gasteiger partial charge in [0, 0.05) is 6.54 Å². The molecule has 1 aromatic heterocycles. The molecule has 4 nitrogen and oxygen atoms in total. The SMILES string of the molecule is CCc1nnc(NCCCCSC)c(C#N)c1CC. The maximum Gasteiger partial charge on any atom is 0.166 e. The Balaban J connectivity index is 2.76. The summed E-state index contributed by atoms with van der Waals surface area (Å²) in [6.45, 7) is 4.94. The van der Waals surface area contributed by atoms with Crippen LogP contribution in [0.25, 0.3) is 0 Å². The number of unbranched alkanes of at least 4 members (excludes halogenated alkanes) is 1. The van der Waals surface area contributed by atoms with Crippen LogP contribution in [0.15, 0.2) is 0 Å². The number of hydrogen-bond acceptors (Lipinski definition) is 5. The van der Waals surface area contributed by atoms with Crippen molar-refractivity contribution in [1.82, 2.24) is 10.2 Å². The van der Waals surface area contributed by atoms with Gasteiger partial charge in [0.1, 0.15) is 11.6 Å². The summed E-state index contributed by atoms with van der Waals surface area (Å²) in [5.41, 5.74) is 2.64. The van der Waals surface area contributed by atoms with Gasteiger partial charge in [0.15, 0.2) is 5.82 Å². The van der Waals surface area contributed by atoms with Crippen LogP contribution in [0.1, 0.15) is 43.5 Å². The third-order valence-corrected chi connectivity index (χ3v) is 3.72. The molecule has 0 fully saturated rings. The minimum atomic E-state index is 0.640. The molecule has 0 saturated heterocycles. The van der Waals surface area contributed by atoms with E-state index in [4.69, 9.17) is 0 Å². The molecule has 1 heterocycles. The van der Waals surface area contributed by atoms with Gasteiger partial charge < -0.3 is 5.32 Å². The van der Waals surface area contributed by atoms with E-state index >= 15 is 0 Å². The standard InChI is InChI=1S/C14H22N4S/c1-4-11-12(10-15)14(18-17-13(11)5-2)16-8-6-7-9-19-3/h4-9H2,1-3H3,(H,16,18). The van der Waals surface area contributed by atoms with E-state index in [1.54, 1.807) is 0 Å². The molecule has 0 aliphatic rings. The van der Waals surface area contributed by atoms with Gasteiger partial charge >= 0.3 is 0 Å². The van der Waals surface area contributed by atoms with Crippen LogP contribution in [0.5, 0.6) is 0 Å². The van der Waals surface area contributed by atoms with Crippen LogP contribution >= 0.6 is 11.8 Å². The van der Waals surface area contributed by atoms with Crippen LogP contribution in [0.4, 0.5) is 5.82 Å². The molecular weight excluding hydrogens is 256 g/mol. The highest BCUT2D eigenvalue weighted by molar-refractivity contribution is 7.98. The van der Waals surface area contributed by atoms with Gasteiger partial charge in [0.05, 0.1) is 5.69 Å². The van der Waals surface area contributed by atoms with E-state index in [-0.39, 0.29) is 0 Å². The van der Waals surface area contributed by atoms with Crippen molar-refractivity contribution < 1.29 is 0 Å². The van der Waals surface area contributed by atoms with Gasteiger partial charge in [-0.15, -0.1) is 5.10 Å². The maximum absolute atomic E-state index is 9.33. The fraction of sp³-hybridized carbons (Fsp3) is 0.643. The lowest BCUT2D eigenvalue weighted by molar-refractivity contribution is 0.823. The second-order valence-corrected chi connectivity index (χ2v) is 5.28. The molecule has 1 aromatic rings. The summed E-state index contributed by atoms with van der Waals surface area (Å²) >= 11 is 1.86. The second-order valence-electron chi connectivity index (χ2n) is 4.29. The molecule has 104 valence electrons. The monoisotopic (exact) mass is 278 g/mol. The predicted molar refractivity (Wildman–Crippen MR) is 81.6 cm³/mol. The Morgan fingerprint density at radius 1 is 1.21 bits per heavy atom. The molecule has 0 aliphatic heterocycles. The van der Waals surface area contributed by atoms with Crippen LogP contribution < -0.4 is 5.32 Å². The number of hydrogen-bond donors (Lipinski definition) is 1. The van der Waals surface area contributed by atoms with Crippen LogP contribution in [0, 0.1) is 11.3 Å². The molecule has 0 atom stereocenters. The lowest BCUT2D eigenvalue weighted by atomic mass is 10.0. The van der Waals surface area contributed by atoms with E-state index in [0.717, 1.165) is 37.1 Å². The average Bonchev–Trinajstić information content (AvgIpc) is 2.45. The topological polar surface area (TPSA) is 61.6 Å². The van der Waals surface area contributed by atoms with Crippen molar-refractivity contribution in [3.8, 4) is 6.07 Å². The van der Waals surface area contributed by atoms with Gasteiger partial charge in [-0.1, -0.05) is 13.8 Å². The smallest absolute Gasteiger partial charge is 0.166 e. The number of nitriles is 1. The Bertz CT molecular complexity index is 440. The number of aromatic nitrogens is 2. The van der Waals surface area contributed by atoms with Crippen molar-refractivity contribution in [2.45, 2.75) is 39.5 Å². The first-order chi connectivity index (χ1) is 9.28. The summed E-state index contributed by atoms with van der Waals surface area (Å²) in [6.07, 6.45) is 6.02. The molecular formula is C14H22N4S. The average molecular weight is 278 g/mol. The van der Waals surface area contributed by atoms with Gasteiger partial charge in [-0.3, -0.25) is 0 Å². The molecule has 19 heavy (non-hydrogen) atoms. The number of thioether (sulfide) groups is 1. The maximum atomic E-state index is 9.33. The molecule has 0 spiro atoms. The molecule has 0 amide bonds. The zero-order valence-corrected chi connectivity index (χ0v) is 12.8. The van der Waals surface area contributed by atoms with Gasteiger partial charge in [-0.25, -0.2) is 0 Å². The molecule has 0 aromatic carbocycles. The van der Waals surface area contributed by atoms with E-state index in [9.17, 15) is 5.26 Å². The summed E-state index contributed by atoms with van der Waals surface area (Å²) < 4.78 is 0. The third-order valence-electron chi connectivity index (χ3n) is 3.03. The molecule has 0 bridgehead atoms. The van der Waals surface area contributed by atoms with Crippen LogP contribution in [0.2, 0.25) is 0 Å². The normalized spacial score (nSPS) is 10.2. The summed E-state index contributed by atoms with van der Waals surface area (Å²) in [6, 6.07) is 2.27. The number of rotatable bonds is 8. The highest BCUT2D eigenvalue weighted by atomic mass is 32.2. The number of nitrogens with one attached hydrogen (secondary N) is 1. The van der Waals surface area contributed by atoms with Crippen LogP contribution in [-0.4, -0.2) is 28.8 Å². The lowest BCUT2D eigenvalue weighted by Crippen LogP contribution is -2.11. The quantitative estimate of drug-likeness (QED) is 0.741. The molecule has 0 unspecified atom stereocenters. The first-order valence-corrected chi connectivity index (χ1v) is 8.19. The molecule has 0 saturated carbocycles. The molecule has 1 rings (SSSR count). The summed E-state index contributed by atoms with van der Waals surface area (Å²) in [5.74, 6) is 1.81. The van der Waals surface area contributed by atoms with Crippen molar-refractivity contribution >= 4 is 17.6 Å². The lowest BCUT2D eigenvalue weighted by Gasteiger charge is -2.11. The Morgan fingerprint density at radius 3 is 2.58 bits per heavy atom. The molecule has 0 radical (unpaired) electrons. The number of aryl methyl sites for hydroxylation is 1. The van der Waals surface area contributed by atoms with Gasteiger partial charge in [0.25, 0.3) is 0 Å². The third kappa shape index (κ3) is 4.39. The van der Waals surface area contributed by atoms with Gasteiger partial charge in [-0.05, 0) is 43.3 Å². The molecule has 1 N–H and O–H groups in total. The zero-order chi connectivity index (χ0) is 14.1. The first kappa shape index (κ1) is 15.8. The van der Waals surface area contributed by atoms with Gasteiger partial charge in [-0.2, -0.15) is 22.1 Å². The minimum absolute atomic E-state index is 0.640. The van der Waals surface area contributed by atoms with Crippen molar-refractivity contribution in [1.29, 1.82) is 5.26 Å². The summed E-state index contributed by atoms with van der Waals surface area (Å²) in [4.78, 5) is 0. The van der Waals surface area contributed by atoms with E-state index in [1.807, 2.05) is 18.7 Å². The fourth-order valence-electron chi connectivity index (χ4n) is 2.00. The van der Waals surface area contributed by atoms with E-state index in [2.05, 4.69) is 34.8 Å². The summed E-state index contributed by atoms with van der Waals surface area (Å²) in [7, 11) is 0. The Labute approximate surface area is 120 Å². The van der Waals surface area contributed by atoms with E-state index in [1.165, 1.54) is 12.2 Å². The highest BCUT2D eigenvalue weighted by Gasteiger charge is 2.13. The van der Waals surface area contributed by atoms with Gasteiger partial charge in [0.2, 0.25) is 0 Å². The Morgan fingerprint density at radius 2 is 2.00 bits per heavy atom. The van der Waals surface area contributed by atoms with Crippen molar-refractivity contribution in [2.75, 3.05) is 23.9 Å². The van der Waals surface area contributed by atoms with Crippen LogP contribution in [0.3, 0.4) is 0 Å². The fourth-order valence-corrected chi connectivity index (χ4v) is 2.49. The molecule has 5 heteroatoms. The van der Waals surface area contributed by atoms with E-state index in [0.29, 0.717) is 11.4 Å². The minimum Gasteiger partial charge on any atom is -0.367 e. The number of nitrogens with zero attached hydrogens (tertiary/aromatic N) is 3. The first-order valence-electron chi connectivity index (χ1n) is 6.79.